The maximum atomic E-state index is 11.0. The SMILES string of the molecule is COc1ccc(-c2ncccc2[N+](=O)[O-])c(OC)c1. The highest BCUT2D eigenvalue weighted by Gasteiger charge is 2.19. The molecule has 0 atom stereocenters. The molecule has 98 valence electrons. The van der Waals surface area contributed by atoms with Gasteiger partial charge in [-0.3, -0.25) is 10.1 Å². The topological polar surface area (TPSA) is 74.5 Å². The van der Waals surface area contributed by atoms with Crippen molar-refractivity contribution in [3.63, 3.8) is 0 Å². The van der Waals surface area contributed by atoms with E-state index in [0.717, 1.165) is 0 Å². The second-order valence-electron chi connectivity index (χ2n) is 3.69. The molecule has 1 heterocycles. The Labute approximate surface area is 109 Å². The molecular weight excluding hydrogens is 248 g/mol. The minimum Gasteiger partial charge on any atom is -0.497 e. The van der Waals surface area contributed by atoms with E-state index in [2.05, 4.69) is 4.98 Å². The van der Waals surface area contributed by atoms with Crippen LogP contribution in [-0.4, -0.2) is 24.1 Å². The van der Waals surface area contributed by atoms with Gasteiger partial charge in [-0.1, -0.05) is 0 Å². The van der Waals surface area contributed by atoms with E-state index in [1.165, 1.54) is 32.5 Å². The molecule has 19 heavy (non-hydrogen) atoms. The van der Waals surface area contributed by atoms with Crippen molar-refractivity contribution < 1.29 is 14.4 Å². The van der Waals surface area contributed by atoms with Gasteiger partial charge in [-0.05, 0) is 18.2 Å². The third kappa shape index (κ3) is 2.47. The molecule has 0 bridgehead atoms. The van der Waals surface area contributed by atoms with Crippen molar-refractivity contribution in [2.75, 3.05) is 14.2 Å². The highest BCUT2D eigenvalue weighted by molar-refractivity contribution is 5.75. The highest BCUT2D eigenvalue weighted by Crippen LogP contribution is 2.36. The number of hydrogen-bond donors (Lipinski definition) is 0. The Morgan fingerprint density at radius 2 is 2.00 bits per heavy atom. The first-order valence-electron chi connectivity index (χ1n) is 5.49. The van der Waals surface area contributed by atoms with Gasteiger partial charge in [-0.15, -0.1) is 0 Å². The van der Waals surface area contributed by atoms with Crippen LogP contribution in [0, 0.1) is 10.1 Å². The van der Waals surface area contributed by atoms with E-state index in [0.29, 0.717) is 17.1 Å². The summed E-state index contributed by atoms with van der Waals surface area (Å²) >= 11 is 0. The molecule has 0 spiro atoms. The molecular formula is C13H12N2O4. The fraction of sp³-hybridized carbons (Fsp3) is 0.154. The summed E-state index contributed by atoms with van der Waals surface area (Å²) in [6, 6.07) is 7.99. The predicted octanol–water partition coefficient (Wildman–Crippen LogP) is 2.67. The fourth-order valence-electron chi connectivity index (χ4n) is 1.75. The Bertz CT molecular complexity index is 613. The van der Waals surface area contributed by atoms with Crippen LogP contribution in [0.3, 0.4) is 0 Å². The summed E-state index contributed by atoms with van der Waals surface area (Å²) in [5.74, 6) is 1.08. The second-order valence-corrected chi connectivity index (χ2v) is 3.69. The minimum atomic E-state index is -0.466. The lowest BCUT2D eigenvalue weighted by molar-refractivity contribution is -0.384. The molecule has 0 amide bonds. The number of nitro groups is 1. The average molecular weight is 260 g/mol. The molecule has 0 N–H and O–H groups in total. The van der Waals surface area contributed by atoms with Gasteiger partial charge in [0.25, 0.3) is 5.69 Å². The lowest BCUT2D eigenvalue weighted by atomic mass is 10.1. The predicted molar refractivity (Wildman–Crippen MR) is 69.4 cm³/mol. The van der Waals surface area contributed by atoms with Crippen LogP contribution in [0.25, 0.3) is 11.3 Å². The molecule has 0 aliphatic carbocycles. The van der Waals surface area contributed by atoms with Gasteiger partial charge in [0.1, 0.15) is 11.5 Å². The van der Waals surface area contributed by atoms with Crippen molar-refractivity contribution in [1.29, 1.82) is 0 Å². The van der Waals surface area contributed by atoms with E-state index in [-0.39, 0.29) is 11.4 Å². The van der Waals surface area contributed by atoms with Crippen LogP contribution in [0.2, 0.25) is 0 Å². The number of rotatable bonds is 4. The first-order chi connectivity index (χ1) is 9.17. The molecule has 0 radical (unpaired) electrons. The van der Waals surface area contributed by atoms with Crippen molar-refractivity contribution in [2.45, 2.75) is 0 Å². The number of methoxy groups -OCH3 is 2. The van der Waals surface area contributed by atoms with Gasteiger partial charge in [0.2, 0.25) is 0 Å². The molecule has 2 aromatic rings. The molecule has 1 aromatic carbocycles. The smallest absolute Gasteiger partial charge is 0.295 e. The third-order valence-corrected chi connectivity index (χ3v) is 2.65. The third-order valence-electron chi connectivity index (χ3n) is 2.65. The molecule has 6 nitrogen and oxygen atoms in total. The lowest BCUT2D eigenvalue weighted by Crippen LogP contribution is -1.96. The van der Waals surface area contributed by atoms with Crippen LogP contribution in [-0.2, 0) is 0 Å². The van der Waals surface area contributed by atoms with E-state index >= 15 is 0 Å². The molecule has 2 rings (SSSR count). The Kier molecular flexibility index (Phi) is 3.61. The molecule has 0 saturated carbocycles. The number of nitrogens with zero attached hydrogens (tertiary/aromatic N) is 2. The van der Waals surface area contributed by atoms with Gasteiger partial charge in [-0.2, -0.15) is 0 Å². The molecule has 0 unspecified atom stereocenters. The summed E-state index contributed by atoms with van der Waals surface area (Å²) in [5, 5.41) is 11.0. The van der Waals surface area contributed by atoms with Gasteiger partial charge in [0.05, 0.1) is 19.1 Å². The number of pyridine rings is 1. The zero-order valence-corrected chi connectivity index (χ0v) is 10.5. The number of hydrogen-bond acceptors (Lipinski definition) is 5. The van der Waals surface area contributed by atoms with Crippen LogP contribution < -0.4 is 9.47 Å². The van der Waals surface area contributed by atoms with Crippen molar-refractivity contribution in [1.82, 2.24) is 4.98 Å². The summed E-state index contributed by atoms with van der Waals surface area (Å²) in [6.45, 7) is 0. The largest absolute Gasteiger partial charge is 0.497 e. The van der Waals surface area contributed by atoms with Crippen LogP contribution in [0.15, 0.2) is 36.5 Å². The molecule has 6 heteroatoms. The van der Waals surface area contributed by atoms with Crippen molar-refractivity contribution in [2.24, 2.45) is 0 Å². The van der Waals surface area contributed by atoms with E-state index < -0.39 is 4.92 Å². The zero-order chi connectivity index (χ0) is 13.8. The first kappa shape index (κ1) is 12.8. The van der Waals surface area contributed by atoms with E-state index in [4.69, 9.17) is 9.47 Å². The molecule has 0 fully saturated rings. The normalized spacial score (nSPS) is 10.0. The van der Waals surface area contributed by atoms with Crippen LogP contribution in [0.5, 0.6) is 11.5 Å². The number of benzene rings is 1. The van der Waals surface area contributed by atoms with Crippen LogP contribution >= 0.6 is 0 Å². The van der Waals surface area contributed by atoms with Crippen LogP contribution in [0.4, 0.5) is 5.69 Å². The Morgan fingerprint density at radius 1 is 1.21 bits per heavy atom. The van der Waals surface area contributed by atoms with Gasteiger partial charge in [0.15, 0.2) is 5.69 Å². The molecule has 0 aliphatic heterocycles. The minimum absolute atomic E-state index is 0.0639. The second kappa shape index (κ2) is 5.34. The summed E-state index contributed by atoms with van der Waals surface area (Å²) in [7, 11) is 3.03. The average Bonchev–Trinajstić information content (AvgIpc) is 2.46. The first-order valence-corrected chi connectivity index (χ1v) is 5.49. The van der Waals surface area contributed by atoms with Gasteiger partial charge in [0, 0.05) is 23.9 Å². The van der Waals surface area contributed by atoms with Crippen molar-refractivity contribution in [3.05, 3.63) is 46.6 Å². The van der Waals surface area contributed by atoms with Crippen molar-refractivity contribution in [3.8, 4) is 22.8 Å². The Morgan fingerprint density at radius 3 is 2.63 bits per heavy atom. The van der Waals surface area contributed by atoms with E-state index in [1.807, 2.05) is 0 Å². The van der Waals surface area contributed by atoms with E-state index in [9.17, 15) is 10.1 Å². The fourth-order valence-corrected chi connectivity index (χ4v) is 1.75. The van der Waals surface area contributed by atoms with Gasteiger partial charge < -0.3 is 9.47 Å². The maximum absolute atomic E-state index is 11.0. The lowest BCUT2D eigenvalue weighted by Gasteiger charge is -2.09. The van der Waals surface area contributed by atoms with Gasteiger partial charge >= 0.3 is 0 Å². The molecule has 0 aliphatic rings. The van der Waals surface area contributed by atoms with Gasteiger partial charge in [-0.25, -0.2) is 4.98 Å². The summed E-state index contributed by atoms with van der Waals surface area (Å²) in [6.07, 6.45) is 1.51. The molecule has 1 aromatic heterocycles. The number of ether oxygens (including phenoxy) is 2. The van der Waals surface area contributed by atoms with Crippen molar-refractivity contribution >= 4 is 5.69 Å². The monoisotopic (exact) mass is 260 g/mol. The number of aromatic nitrogens is 1. The Balaban J connectivity index is 2.62. The highest BCUT2D eigenvalue weighted by atomic mass is 16.6. The summed E-state index contributed by atoms with van der Waals surface area (Å²) < 4.78 is 10.3. The van der Waals surface area contributed by atoms with E-state index in [1.54, 1.807) is 18.2 Å². The summed E-state index contributed by atoms with van der Waals surface area (Å²) in [4.78, 5) is 14.6. The van der Waals surface area contributed by atoms with Crippen LogP contribution in [0.1, 0.15) is 0 Å². The Hall–Kier alpha value is -2.63. The maximum Gasteiger partial charge on any atom is 0.295 e. The quantitative estimate of drug-likeness (QED) is 0.624. The zero-order valence-electron chi connectivity index (χ0n) is 10.5. The standard InChI is InChI=1S/C13H12N2O4/c1-18-9-5-6-10(12(8-9)19-2)13-11(15(16)17)4-3-7-14-13/h3-8H,1-2H3. The summed E-state index contributed by atoms with van der Waals surface area (Å²) in [5.41, 5.74) is 0.758. The molecule has 0 saturated heterocycles.